The fourth-order valence-corrected chi connectivity index (χ4v) is 6.68. The molecule has 244 valence electrons. The van der Waals surface area contributed by atoms with Crippen molar-refractivity contribution in [2.75, 3.05) is 13.7 Å². The molecule has 7 nitrogen and oxygen atoms in total. The number of hydrogen-bond acceptors (Lipinski definition) is 7. The summed E-state index contributed by atoms with van der Waals surface area (Å²) < 4.78 is 33.7. The van der Waals surface area contributed by atoms with Gasteiger partial charge < -0.3 is 14.2 Å². The highest BCUT2D eigenvalue weighted by Crippen LogP contribution is 2.36. The van der Waals surface area contributed by atoms with Crippen LogP contribution >= 0.6 is 11.3 Å². The summed E-state index contributed by atoms with van der Waals surface area (Å²) >= 11 is 1.21. The van der Waals surface area contributed by atoms with Crippen LogP contribution in [0.4, 0.5) is 4.39 Å². The normalized spacial score (nSPS) is 14.5. The van der Waals surface area contributed by atoms with Gasteiger partial charge in [0, 0.05) is 16.7 Å². The molecule has 0 saturated heterocycles. The Labute approximate surface area is 281 Å². The Kier molecular flexibility index (Phi) is 9.68. The summed E-state index contributed by atoms with van der Waals surface area (Å²) in [5.74, 6) is 0.192. The summed E-state index contributed by atoms with van der Waals surface area (Å²) in [6.07, 6.45) is 1.72. The first-order chi connectivity index (χ1) is 23.3. The molecule has 48 heavy (non-hydrogen) atoms. The van der Waals surface area contributed by atoms with Crippen LogP contribution in [-0.4, -0.2) is 24.3 Å². The molecule has 0 spiro atoms. The van der Waals surface area contributed by atoms with Gasteiger partial charge in [0.05, 0.1) is 35.6 Å². The van der Waals surface area contributed by atoms with Crippen molar-refractivity contribution in [3.05, 3.63) is 156 Å². The average molecular weight is 663 g/mol. The van der Waals surface area contributed by atoms with Gasteiger partial charge in [0.2, 0.25) is 0 Å². The van der Waals surface area contributed by atoms with E-state index in [4.69, 9.17) is 19.2 Å². The zero-order valence-electron chi connectivity index (χ0n) is 27.1. The van der Waals surface area contributed by atoms with Crippen LogP contribution in [0.25, 0.3) is 11.8 Å². The lowest BCUT2D eigenvalue weighted by molar-refractivity contribution is -0.138. The van der Waals surface area contributed by atoms with Gasteiger partial charge in [-0.2, -0.15) is 0 Å². The summed E-state index contributed by atoms with van der Waals surface area (Å²) in [6.45, 7) is 6.11. The summed E-state index contributed by atoms with van der Waals surface area (Å²) in [7, 11) is 1.52. The molecule has 2 heterocycles. The molecule has 0 unspecified atom stereocenters. The molecule has 0 aliphatic carbocycles. The molecule has 1 aliphatic heterocycles. The number of para-hydroxylation sites is 1. The van der Waals surface area contributed by atoms with E-state index in [0.29, 0.717) is 43.6 Å². The van der Waals surface area contributed by atoms with Crippen LogP contribution in [0.2, 0.25) is 0 Å². The molecule has 4 aromatic carbocycles. The zero-order chi connectivity index (χ0) is 33.8. The van der Waals surface area contributed by atoms with E-state index >= 15 is 0 Å². The summed E-state index contributed by atoms with van der Waals surface area (Å²) in [4.78, 5) is 33.6. The Morgan fingerprint density at radius 1 is 0.979 bits per heavy atom. The molecule has 0 bridgehead atoms. The van der Waals surface area contributed by atoms with Gasteiger partial charge in [0.15, 0.2) is 16.3 Å². The monoisotopic (exact) mass is 662 g/mol. The lowest BCUT2D eigenvalue weighted by Gasteiger charge is -2.26. The number of fused-ring (bicyclic) bond motifs is 1. The van der Waals surface area contributed by atoms with E-state index in [0.717, 1.165) is 16.7 Å². The average Bonchev–Trinajstić information content (AvgIpc) is 3.41. The van der Waals surface area contributed by atoms with Crippen molar-refractivity contribution >= 4 is 29.1 Å². The number of ether oxygens (including phenoxy) is 3. The lowest BCUT2D eigenvalue weighted by atomic mass is 9.91. The van der Waals surface area contributed by atoms with Crippen LogP contribution in [0, 0.1) is 5.82 Å². The summed E-state index contributed by atoms with van der Waals surface area (Å²) in [6, 6.07) is 28.4. The molecule has 1 aliphatic rings. The van der Waals surface area contributed by atoms with E-state index in [1.165, 1.54) is 24.5 Å². The van der Waals surface area contributed by atoms with Crippen molar-refractivity contribution in [3.8, 4) is 11.5 Å². The first-order valence-electron chi connectivity index (χ1n) is 15.7. The van der Waals surface area contributed by atoms with Gasteiger partial charge >= 0.3 is 5.97 Å². The van der Waals surface area contributed by atoms with Gasteiger partial charge in [-0.3, -0.25) is 9.36 Å². The largest absolute Gasteiger partial charge is 0.493 e. The molecule has 0 radical (unpaired) electrons. The minimum Gasteiger partial charge on any atom is -0.493 e. The van der Waals surface area contributed by atoms with Gasteiger partial charge in [-0.15, -0.1) is 0 Å². The second-order valence-electron chi connectivity index (χ2n) is 11.5. The molecule has 9 heteroatoms. The maximum atomic E-state index is 14.4. The highest BCUT2D eigenvalue weighted by molar-refractivity contribution is 7.07. The number of carbonyl (C=O) groups excluding carboxylic acids is 1. The van der Waals surface area contributed by atoms with E-state index in [-0.39, 0.29) is 30.2 Å². The quantitative estimate of drug-likeness (QED) is 0.154. The van der Waals surface area contributed by atoms with Crippen LogP contribution in [0.1, 0.15) is 60.5 Å². The van der Waals surface area contributed by atoms with Crippen molar-refractivity contribution in [3.63, 3.8) is 0 Å². The van der Waals surface area contributed by atoms with Crippen molar-refractivity contribution < 1.29 is 23.4 Å². The molecule has 0 saturated carbocycles. The number of methoxy groups -OCH3 is 1. The van der Waals surface area contributed by atoms with E-state index in [1.54, 1.807) is 54.0 Å². The fourth-order valence-electron chi connectivity index (χ4n) is 5.69. The van der Waals surface area contributed by atoms with Crippen LogP contribution in [0.3, 0.4) is 0 Å². The Morgan fingerprint density at radius 3 is 2.40 bits per heavy atom. The number of carbonyl (C=O) groups is 1. The van der Waals surface area contributed by atoms with Crippen molar-refractivity contribution in [1.29, 1.82) is 0 Å². The summed E-state index contributed by atoms with van der Waals surface area (Å²) in [5.41, 5.74) is 4.00. The van der Waals surface area contributed by atoms with E-state index < -0.39 is 12.0 Å². The highest BCUT2D eigenvalue weighted by Gasteiger charge is 2.35. The Bertz CT molecular complexity index is 2170. The van der Waals surface area contributed by atoms with Crippen molar-refractivity contribution in [2.45, 2.75) is 39.3 Å². The minimum atomic E-state index is -0.791. The maximum absolute atomic E-state index is 14.4. The SMILES string of the molecule is CCOC(=O)C1=C(c2ccccc2)N=c2s/c(=C\c3cccc(OC)c3OCc3ccccc3F)c(=O)n2[C@@H]1c1ccc(C(C)C)cc1. The van der Waals surface area contributed by atoms with Crippen molar-refractivity contribution in [1.82, 2.24) is 4.57 Å². The number of hydrogen-bond donors (Lipinski definition) is 0. The van der Waals surface area contributed by atoms with Gasteiger partial charge in [-0.25, -0.2) is 14.2 Å². The standard InChI is InChI=1S/C39H35FN2O5S/c1-5-46-38(44)33-34(26-12-7-6-8-13-26)41-39-42(35(33)27-20-18-25(19-21-27)24(2)3)37(43)32(48-39)22-28-15-11-17-31(45-4)36(28)47-23-29-14-9-10-16-30(29)40/h6-22,24,35H,5,23H2,1-4H3/b32-22-/t35-/m1/s1. The minimum absolute atomic E-state index is 0.0369. The maximum Gasteiger partial charge on any atom is 0.338 e. The molecule has 0 fully saturated rings. The second-order valence-corrected chi connectivity index (χ2v) is 12.5. The Morgan fingerprint density at radius 2 is 1.71 bits per heavy atom. The number of thiazole rings is 1. The molecule has 0 N–H and O–H groups in total. The first kappa shape index (κ1) is 32.7. The molecule has 5 aromatic rings. The smallest absolute Gasteiger partial charge is 0.338 e. The van der Waals surface area contributed by atoms with Crippen molar-refractivity contribution in [2.24, 2.45) is 4.99 Å². The molecular weight excluding hydrogens is 628 g/mol. The number of rotatable bonds is 10. The molecular formula is C39H35FN2O5S. The van der Waals surface area contributed by atoms with Gasteiger partial charge in [-0.05, 0) is 42.2 Å². The van der Waals surface area contributed by atoms with Crippen LogP contribution in [0.5, 0.6) is 11.5 Å². The van der Waals surface area contributed by atoms with E-state index in [9.17, 15) is 14.0 Å². The molecule has 6 rings (SSSR count). The van der Waals surface area contributed by atoms with Crippen LogP contribution in [0.15, 0.2) is 112 Å². The third kappa shape index (κ3) is 6.46. The number of aromatic nitrogens is 1. The third-order valence-corrected chi connectivity index (χ3v) is 9.12. The Hall–Kier alpha value is -5.28. The van der Waals surface area contributed by atoms with E-state index in [2.05, 4.69) is 13.8 Å². The Balaban J connectivity index is 1.56. The zero-order valence-corrected chi connectivity index (χ0v) is 27.9. The van der Waals surface area contributed by atoms with Gasteiger partial charge in [0.25, 0.3) is 5.56 Å². The first-order valence-corrected chi connectivity index (χ1v) is 16.5. The third-order valence-electron chi connectivity index (χ3n) is 8.14. The van der Waals surface area contributed by atoms with E-state index in [1.807, 2.05) is 54.6 Å². The second kappa shape index (κ2) is 14.2. The number of benzene rings is 4. The molecule has 1 aromatic heterocycles. The van der Waals surface area contributed by atoms with Gasteiger partial charge in [0.1, 0.15) is 12.4 Å². The van der Waals surface area contributed by atoms with Crippen LogP contribution in [-0.2, 0) is 16.1 Å². The topological polar surface area (TPSA) is 79.1 Å². The molecule has 1 atom stereocenters. The fraction of sp³-hybridized carbons (Fsp3) is 0.205. The van der Waals surface area contributed by atoms with Gasteiger partial charge in [-0.1, -0.05) is 110 Å². The number of halogens is 1. The molecule has 0 amide bonds. The highest BCUT2D eigenvalue weighted by atomic mass is 32.1. The number of esters is 1. The predicted molar refractivity (Wildman–Crippen MR) is 185 cm³/mol. The van der Waals surface area contributed by atoms with Crippen LogP contribution < -0.4 is 24.4 Å². The predicted octanol–water partition coefficient (Wildman–Crippen LogP) is 6.79. The lowest BCUT2D eigenvalue weighted by Crippen LogP contribution is -2.40. The summed E-state index contributed by atoms with van der Waals surface area (Å²) in [5, 5.41) is 0. The number of nitrogens with zero attached hydrogens (tertiary/aromatic N) is 2.